The molecule has 0 bridgehead atoms. The highest BCUT2D eigenvalue weighted by molar-refractivity contribution is 5.64. The Morgan fingerprint density at radius 2 is 1.95 bits per heavy atom. The Kier molecular flexibility index (Phi) is 3.60. The predicted octanol–water partition coefficient (Wildman–Crippen LogP) is 1.57. The van der Waals surface area contributed by atoms with Crippen molar-refractivity contribution in [2.75, 3.05) is 31.1 Å². The van der Waals surface area contributed by atoms with E-state index >= 15 is 0 Å². The van der Waals surface area contributed by atoms with Crippen molar-refractivity contribution in [1.29, 1.82) is 0 Å². The fourth-order valence-electron chi connectivity index (χ4n) is 2.43. The van der Waals surface area contributed by atoms with Crippen LogP contribution in [0.4, 0.5) is 5.95 Å². The first-order valence-corrected chi connectivity index (χ1v) is 6.97. The molecule has 0 saturated carbocycles. The minimum atomic E-state index is 0.727. The predicted molar refractivity (Wildman–Crippen MR) is 79.8 cm³/mol. The van der Waals surface area contributed by atoms with Gasteiger partial charge in [-0.3, -0.25) is 0 Å². The normalized spacial score (nSPS) is 15.4. The van der Waals surface area contributed by atoms with Gasteiger partial charge in [0.1, 0.15) is 0 Å². The zero-order chi connectivity index (χ0) is 13.9. The zero-order valence-electron chi connectivity index (χ0n) is 11.9. The van der Waals surface area contributed by atoms with Crippen LogP contribution in [-0.2, 0) is 0 Å². The molecule has 1 aliphatic heterocycles. The van der Waals surface area contributed by atoms with E-state index in [-0.39, 0.29) is 0 Å². The van der Waals surface area contributed by atoms with E-state index in [0.717, 1.165) is 43.4 Å². The maximum absolute atomic E-state index is 4.69. The summed E-state index contributed by atoms with van der Waals surface area (Å²) in [6, 6.07) is 6.39. The lowest BCUT2D eigenvalue weighted by Gasteiger charge is -2.27. The van der Waals surface area contributed by atoms with Crippen LogP contribution in [0.3, 0.4) is 0 Å². The summed E-state index contributed by atoms with van der Waals surface area (Å²) in [6.07, 6.45) is 1.74. The molecule has 2 heterocycles. The van der Waals surface area contributed by atoms with Gasteiger partial charge in [0, 0.05) is 31.7 Å². The van der Waals surface area contributed by atoms with E-state index < -0.39 is 0 Å². The summed E-state index contributed by atoms with van der Waals surface area (Å²) in [7, 11) is 0. The van der Waals surface area contributed by atoms with Gasteiger partial charge in [-0.05, 0) is 25.5 Å². The van der Waals surface area contributed by atoms with Crippen LogP contribution >= 0.6 is 0 Å². The summed E-state index contributed by atoms with van der Waals surface area (Å²) in [6.45, 7) is 7.99. The van der Waals surface area contributed by atoms with Crippen molar-refractivity contribution >= 4 is 5.95 Å². The molecule has 2 aromatic rings. The van der Waals surface area contributed by atoms with Crippen molar-refractivity contribution in [3.8, 4) is 11.3 Å². The number of nitrogens with one attached hydrogen (secondary N) is 1. The molecule has 20 heavy (non-hydrogen) atoms. The first kappa shape index (κ1) is 13.0. The molecular formula is C15H19N5. The van der Waals surface area contributed by atoms with Gasteiger partial charge in [-0.25, -0.2) is 4.98 Å². The molecule has 1 aromatic carbocycles. The number of nitrogens with zero attached hydrogens (tertiary/aromatic N) is 4. The molecule has 1 aliphatic rings. The number of aromatic nitrogens is 3. The van der Waals surface area contributed by atoms with Crippen molar-refractivity contribution in [2.24, 2.45) is 0 Å². The smallest absolute Gasteiger partial charge is 0.245 e. The third-order valence-electron chi connectivity index (χ3n) is 3.62. The molecule has 1 saturated heterocycles. The number of piperazine rings is 1. The molecule has 104 valence electrons. The topological polar surface area (TPSA) is 53.9 Å². The van der Waals surface area contributed by atoms with Crippen molar-refractivity contribution in [2.45, 2.75) is 13.8 Å². The van der Waals surface area contributed by atoms with Gasteiger partial charge in [-0.15, -0.1) is 5.10 Å². The Labute approximate surface area is 119 Å². The molecule has 0 aliphatic carbocycles. The Morgan fingerprint density at radius 1 is 1.15 bits per heavy atom. The number of anilines is 1. The molecule has 1 aromatic heterocycles. The number of hydrogen-bond acceptors (Lipinski definition) is 5. The highest BCUT2D eigenvalue weighted by atomic mass is 15.3. The van der Waals surface area contributed by atoms with Gasteiger partial charge >= 0.3 is 0 Å². The highest BCUT2D eigenvalue weighted by Crippen LogP contribution is 2.23. The van der Waals surface area contributed by atoms with Gasteiger partial charge in [0.25, 0.3) is 0 Å². The Morgan fingerprint density at radius 3 is 2.75 bits per heavy atom. The first-order valence-electron chi connectivity index (χ1n) is 6.97. The van der Waals surface area contributed by atoms with E-state index in [9.17, 15) is 0 Å². The van der Waals surface area contributed by atoms with E-state index in [1.54, 1.807) is 6.20 Å². The largest absolute Gasteiger partial charge is 0.337 e. The fourth-order valence-corrected chi connectivity index (χ4v) is 2.43. The third kappa shape index (κ3) is 2.63. The quantitative estimate of drug-likeness (QED) is 0.896. The van der Waals surface area contributed by atoms with Crippen LogP contribution in [0, 0.1) is 13.8 Å². The van der Waals surface area contributed by atoms with Gasteiger partial charge in [0.2, 0.25) is 5.95 Å². The van der Waals surface area contributed by atoms with Crippen LogP contribution in [0.1, 0.15) is 11.1 Å². The van der Waals surface area contributed by atoms with E-state index in [0.29, 0.717) is 0 Å². The zero-order valence-corrected chi connectivity index (χ0v) is 11.9. The molecule has 0 spiro atoms. The molecular weight excluding hydrogens is 250 g/mol. The maximum atomic E-state index is 4.69. The summed E-state index contributed by atoms with van der Waals surface area (Å²) in [5.74, 6) is 0.727. The van der Waals surface area contributed by atoms with E-state index in [2.05, 4.69) is 52.5 Å². The average Bonchev–Trinajstić information content (AvgIpc) is 2.51. The number of aryl methyl sites for hydroxylation is 2. The van der Waals surface area contributed by atoms with Crippen LogP contribution < -0.4 is 10.2 Å². The monoisotopic (exact) mass is 269 g/mol. The minimum absolute atomic E-state index is 0.727. The second-order valence-corrected chi connectivity index (χ2v) is 5.20. The summed E-state index contributed by atoms with van der Waals surface area (Å²) in [5.41, 5.74) is 4.47. The van der Waals surface area contributed by atoms with Gasteiger partial charge in [0.05, 0.1) is 11.9 Å². The molecule has 0 atom stereocenters. The van der Waals surface area contributed by atoms with Crippen molar-refractivity contribution in [3.05, 3.63) is 35.5 Å². The highest BCUT2D eigenvalue weighted by Gasteiger charge is 2.15. The maximum Gasteiger partial charge on any atom is 0.245 e. The summed E-state index contributed by atoms with van der Waals surface area (Å²) in [5, 5.41) is 11.6. The number of hydrogen-bond donors (Lipinski definition) is 1. The standard InChI is InChI=1S/C15H19N5/c1-11-3-4-12(2)13(9-11)14-10-17-19-15(18-14)20-7-5-16-6-8-20/h3-4,9-10,16H,5-8H2,1-2H3. The van der Waals surface area contributed by atoms with Crippen LogP contribution in [0.25, 0.3) is 11.3 Å². The fraction of sp³-hybridized carbons (Fsp3) is 0.400. The molecule has 1 fully saturated rings. The second-order valence-electron chi connectivity index (χ2n) is 5.20. The SMILES string of the molecule is Cc1ccc(C)c(-c2cnnc(N3CCNCC3)n2)c1. The number of rotatable bonds is 2. The van der Waals surface area contributed by atoms with Crippen LogP contribution in [0.5, 0.6) is 0 Å². The Hall–Kier alpha value is -2.01. The molecule has 1 N–H and O–H groups in total. The van der Waals surface area contributed by atoms with Gasteiger partial charge in [0.15, 0.2) is 0 Å². The molecule has 0 unspecified atom stereocenters. The van der Waals surface area contributed by atoms with Gasteiger partial charge in [-0.2, -0.15) is 5.10 Å². The van der Waals surface area contributed by atoms with Gasteiger partial charge in [-0.1, -0.05) is 17.7 Å². The Bertz CT molecular complexity index is 605. The third-order valence-corrected chi connectivity index (χ3v) is 3.62. The lowest BCUT2D eigenvalue weighted by Crippen LogP contribution is -2.44. The Balaban J connectivity index is 1.96. The lowest BCUT2D eigenvalue weighted by molar-refractivity contribution is 0.577. The summed E-state index contributed by atoms with van der Waals surface area (Å²) in [4.78, 5) is 6.87. The van der Waals surface area contributed by atoms with E-state index in [1.165, 1.54) is 11.1 Å². The number of benzene rings is 1. The second kappa shape index (κ2) is 5.54. The van der Waals surface area contributed by atoms with E-state index in [4.69, 9.17) is 4.98 Å². The minimum Gasteiger partial charge on any atom is -0.337 e. The van der Waals surface area contributed by atoms with Crippen LogP contribution in [0.2, 0.25) is 0 Å². The summed E-state index contributed by atoms with van der Waals surface area (Å²) >= 11 is 0. The lowest BCUT2D eigenvalue weighted by atomic mass is 10.0. The van der Waals surface area contributed by atoms with Crippen molar-refractivity contribution in [3.63, 3.8) is 0 Å². The molecule has 5 heteroatoms. The molecule has 0 amide bonds. The summed E-state index contributed by atoms with van der Waals surface area (Å²) < 4.78 is 0. The molecule has 0 radical (unpaired) electrons. The average molecular weight is 269 g/mol. The van der Waals surface area contributed by atoms with Crippen LogP contribution in [0.15, 0.2) is 24.4 Å². The van der Waals surface area contributed by atoms with Gasteiger partial charge < -0.3 is 10.2 Å². The van der Waals surface area contributed by atoms with Crippen LogP contribution in [-0.4, -0.2) is 41.4 Å². The first-order chi connectivity index (χ1) is 9.74. The van der Waals surface area contributed by atoms with Crippen molar-refractivity contribution < 1.29 is 0 Å². The van der Waals surface area contributed by atoms with Crippen molar-refractivity contribution in [1.82, 2.24) is 20.5 Å². The molecule has 5 nitrogen and oxygen atoms in total. The van der Waals surface area contributed by atoms with E-state index in [1.807, 2.05) is 0 Å². The molecule has 3 rings (SSSR count).